The molecule has 2 aromatic heterocycles. The number of nitrogens with one attached hydrogen (secondary N) is 2. The Morgan fingerprint density at radius 3 is 2.96 bits per heavy atom. The molecule has 10 heteroatoms. The van der Waals surface area contributed by atoms with E-state index >= 15 is 0 Å². The summed E-state index contributed by atoms with van der Waals surface area (Å²) < 4.78 is 46.1. The fourth-order valence-corrected chi connectivity index (χ4v) is 4.93. The number of sulfonamides is 1. The number of aromatic amines is 2. The maximum Gasteiger partial charge on any atom is 0.246 e. The molecule has 2 N–H and O–H groups in total. The van der Waals surface area contributed by atoms with Gasteiger partial charge in [0.2, 0.25) is 10.0 Å². The minimum atomic E-state index is -3.62. The second-order valence-corrected chi connectivity index (χ2v) is 8.45. The standard InChI is InChI=1S/C18H20FN5O3S/c19-15-4-1-2-6-18(15)27-9-7-13-10-16(23-22-13)17-5-3-8-24(17)28(25,26)14-11-20-21-12-14/h1-2,4,6,10-12,17H,3,5,7-9H2,(H,20,21)(H,22,23). The third-order valence-corrected chi connectivity index (χ3v) is 6.61. The molecule has 1 fully saturated rings. The van der Waals surface area contributed by atoms with Crippen molar-refractivity contribution in [2.45, 2.75) is 30.2 Å². The smallest absolute Gasteiger partial charge is 0.246 e. The van der Waals surface area contributed by atoms with E-state index in [0.29, 0.717) is 25.1 Å². The van der Waals surface area contributed by atoms with Crippen molar-refractivity contribution in [2.75, 3.05) is 13.2 Å². The number of para-hydroxylation sites is 1. The van der Waals surface area contributed by atoms with Crippen LogP contribution in [0.25, 0.3) is 0 Å². The van der Waals surface area contributed by atoms with Crippen LogP contribution in [0.2, 0.25) is 0 Å². The lowest BCUT2D eigenvalue weighted by atomic mass is 10.1. The molecule has 0 radical (unpaired) electrons. The Morgan fingerprint density at radius 2 is 2.18 bits per heavy atom. The monoisotopic (exact) mass is 405 g/mol. The van der Waals surface area contributed by atoms with Gasteiger partial charge in [-0.05, 0) is 31.0 Å². The lowest BCUT2D eigenvalue weighted by Crippen LogP contribution is -2.30. The van der Waals surface area contributed by atoms with Crippen molar-refractivity contribution < 1.29 is 17.5 Å². The predicted octanol–water partition coefficient (Wildman–Crippen LogP) is 2.42. The van der Waals surface area contributed by atoms with Gasteiger partial charge < -0.3 is 4.74 Å². The fourth-order valence-electron chi connectivity index (χ4n) is 3.35. The first-order valence-electron chi connectivity index (χ1n) is 8.98. The molecule has 0 bridgehead atoms. The Hall–Kier alpha value is -2.72. The summed E-state index contributed by atoms with van der Waals surface area (Å²) in [5.74, 6) is -0.200. The second kappa shape index (κ2) is 7.72. The van der Waals surface area contributed by atoms with Crippen LogP contribution in [0.15, 0.2) is 47.6 Å². The number of rotatable bonds is 7. The molecular formula is C18H20FN5O3S. The van der Waals surface area contributed by atoms with Crippen LogP contribution in [-0.2, 0) is 16.4 Å². The first-order chi connectivity index (χ1) is 13.6. The highest BCUT2D eigenvalue weighted by Crippen LogP contribution is 2.35. The van der Waals surface area contributed by atoms with E-state index in [2.05, 4.69) is 20.4 Å². The second-order valence-electron chi connectivity index (χ2n) is 6.55. The molecule has 1 aromatic carbocycles. The first-order valence-corrected chi connectivity index (χ1v) is 10.4. The van der Waals surface area contributed by atoms with Crippen molar-refractivity contribution in [2.24, 2.45) is 0 Å². The first kappa shape index (κ1) is 18.6. The van der Waals surface area contributed by atoms with E-state index < -0.39 is 15.8 Å². The molecule has 3 heterocycles. The predicted molar refractivity (Wildman–Crippen MR) is 98.6 cm³/mol. The van der Waals surface area contributed by atoms with Crippen molar-refractivity contribution in [1.29, 1.82) is 0 Å². The Kier molecular flexibility index (Phi) is 5.14. The minimum absolute atomic E-state index is 0.147. The largest absolute Gasteiger partial charge is 0.490 e. The molecule has 0 saturated carbocycles. The van der Waals surface area contributed by atoms with E-state index in [0.717, 1.165) is 12.1 Å². The summed E-state index contributed by atoms with van der Waals surface area (Å²) in [5.41, 5.74) is 1.48. The quantitative estimate of drug-likeness (QED) is 0.628. The van der Waals surface area contributed by atoms with E-state index in [1.807, 2.05) is 6.07 Å². The Morgan fingerprint density at radius 1 is 1.32 bits per heavy atom. The Bertz CT molecular complexity index is 1040. The van der Waals surface area contributed by atoms with E-state index in [-0.39, 0.29) is 23.3 Å². The van der Waals surface area contributed by atoms with Gasteiger partial charge in [-0.15, -0.1) is 0 Å². The van der Waals surface area contributed by atoms with E-state index in [1.165, 1.54) is 22.8 Å². The van der Waals surface area contributed by atoms with Gasteiger partial charge in [0.05, 0.1) is 24.5 Å². The molecular weight excluding hydrogens is 385 g/mol. The van der Waals surface area contributed by atoms with E-state index in [9.17, 15) is 12.8 Å². The van der Waals surface area contributed by atoms with Crippen molar-refractivity contribution in [3.63, 3.8) is 0 Å². The van der Waals surface area contributed by atoms with Crippen LogP contribution in [-0.4, -0.2) is 46.3 Å². The lowest BCUT2D eigenvalue weighted by Gasteiger charge is -2.21. The summed E-state index contributed by atoms with van der Waals surface area (Å²) >= 11 is 0. The molecule has 148 valence electrons. The van der Waals surface area contributed by atoms with Crippen molar-refractivity contribution in [1.82, 2.24) is 24.7 Å². The molecule has 0 amide bonds. The maximum absolute atomic E-state index is 13.6. The number of benzene rings is 1. The Balaban J connectivity index is 1.43. The van der Waals surface area contributed by atoms with Gasteiger partial charge in [0.25, 0.3) is 0 Å². The van der Waals surface area contributed by atoms with Crippen LogP contribution in [0.3, 0.4) is 0 Å². The highest BCUT2D eigenvalue weighted by Gasteiger charge is 2.37. The third kappa shape index (κ3) is 3.65. The molecule has 1 aliphatic heterocycles. The molecule has 0 spiro atoms. The topological polar surface area (TPSA) is 104 Å². The molecule has 1 unspecified atom stereocenters. The van der Waals surface area contributed by atoms with Crippen LogP contribution in [0, 0.1) is 5.82 Å². The molecule has 4 rings (SSSR count). The van der Waals surface area contributed by atoms with Crippen LogP contribution >= 0.6 is 0 Å². The summed E-state index contributed by atoms with van der Waals surface area (Å²) in [4.78, 5) is 0.147. The maximum atomic E-state index is 13.6. The SMILES string of the molecule is O=S(=O)(c1cn[nH]c1)N1CCCC1c1cc(CCOc2ccccc2F)[nH]n1. The average Bonchev–Trinajstić information content (AvgIpc) is 3.44. The molecule has 1 atom stereocenters. The summed E-state index contributed by atoms with van der Waals surface area (Å²) in [6, 6.07) is 7.76. The Labute approximate surface area is 161 Å². The van der Waals surface area contributed by atoms with Crippen molar-refractivity contribution in [3.05, 3.63) is 59.9 Å². The zero-order valence-corrected chi connectivity index (χ0v) is 15.8. The summed E-state index contributed by atoms with van der Waals surface area (Å²) in [6.45, 7) is 0.723. The number of hydrogen-bond acceptors (Lipinski definition) is 5. The van der Waals surface area contributed by atoms with Gasteiger partial charge in [0.15, 0.2) is 11.6 Å². The summed E-state index contributed by atoms with van der Waals surface area (Å²) in [5, 5.41) is 13.5. The number of nitrogens with zero attached hydrogens (tertiary/aromatic N) is 3. The molecule has 1 aliphatic rings. The van der Waals surface area contributed by atoms with E-state index in [4.69, 9.17) is 4.74 Å². The van der Waals surface area contributed by atoms with Crippen LogP contribution < -0.4 is 4.74 Å². The highest BCUT2D eigenvalue weighted by atomic mass is 32.2. The third-order valence-electron chi connectivity index (χ3n) is 4.74. The van der Waals surface area contributed by atoms with Gasteiger partial charge in [-0.2, -0.15) is 14.5 Å². The normalized spacial score (nSPS) is 17.8. The molecule has 3 aromatic rings. The van der Waals surface area contributed by atoms with E-state index in [1.54, 1.807) is 18.2 Å². The van der Waals surface area contributed by atoms with Gasteiger partial charge in [-0.3, -0.25) is 10.2 Å². The summed E-state index contributed by atoms with van der Waals surface area (Å²) in [6.07, 6.45) is 4.65. The van der Waals surface area contributed by atoms with Crippen LogP contribution in [0.5, 0.6) is 5.75 Å². The number of aromatic nitrogens is 4. The van der Waals surface area contributed by atoms with Gasteiger partial charge in [0, 0.05) is 24.9 Å². The zero-order valence-electron chi connectivity index (χ0n) is 15.0. The average molecular weight is 405 g/mol. The molecule has 28 heavy (non-hydrogen) atoms. The van der Waals surface area contributed by atoms with Crippen LogP contribution in [0.4, 0.5) is 4.39 Å². The number of H-pyrrole nitrogens is 2. The van der Waals surface area contributed by atoms with Crippen LogP contribution in [0.1, 0.15) is 30.3 Å². The molecule has 8 nitrogen and oxygen atoms in total. The lowest BCUT2D eigenvalue weighted by molar-refractivity contribution is 0.304. The van der Waals surface area contributed by atoms with Crippen molar-refractivity contribution >= 4 is 10.0 Å². The zero-order chi connectivity index (χ0) is 19.6. The number of ether oxygens (including phenoxy) is 1. The minimum Gasteiger partial charge on any atom is -0.490 e. The van der Waals surface area contributed by atoms with Crippen molar-refractivity contribution in [3.8, 4) is 5.75 Å². The molecule has 0 aliphatic carbocycles. The number of halogens is 1. The number of hydrogen-bond donors (Lipinski definition) is 2. The summed E-state index contributed by atoms with van der Waals surface area (Å²) in [7, 11) is -3.62. The van der Waals surface area contributed by atoms with Gasteiger partial charge in [-0.1, -0.05) is 12.1 Å². The van der Waals surface area contributed by atoms with Gasteiger partial charge in [0.1, 0.15) is 4.90 Å². The van der Waals surface area contributed by atoms with Gasteiger partial charge >= 0.3 is 0 Å². The van der Waals surface area contributed by atoms with Gasteiger partial charge in [-0.25, -0.2) is 12.8 Å². The fraction of sp³-hybridized carbons (Fsp3) is 0.333. The highest BCUT2D eigenvalue weighted by molar-refractivity contribution is 7.89. The molecule has 1 saturated heterocycles.